The van der Waals surface area contributed by atoms with E-state index in [1.54, 1.807) is 24.3 Å². The maximum Gasteiger partial charge on any atom is 0.349 e. The molecule has 122 valence electrons. The Hall–Kier alpha value is -2.61. The van der Waals surface area contributed by atoms with Gasteiger partial charge in [-0.05, 0) is 31.2 Å². The van der Waals surface area contributed by atoms with Crippen LogP contribution in [0.5, 0.6) is 11.5 Å². The van der Waals surface area contributed by atoms with Crippen molar-refractivity contribution in [3.63, 3.8) is 0 Å². The normalized spacial score (nSPS) is 10.0. The molecule has 0 aliphatic carbocycles. The van der Waals surface area contributed by atoms with Crippen molar-refractivity contribution in [2.45, 2.75) is 6.92 Å². The molecule has 2 rings (SSSR count). The lowest BCUT2D eigenvalue weighted by Gasteiger charge is -2.07. The number of hydrogen-bond acceptors (Lipinski definition) is 7. The minimum atomic E-state index is -0.492. The number of methoxy groups -OCH3 is 1. The standard InChI is InChI=1S/C15H16N2O5S/c1-3-21-10-4-6-11(7-5-10)22-9-13(18)17-15-16-8-12(23-15)14(19)20-2/h4-8H,3,9H2,1-2H3,(H,16,17,18). The van der Waals surface area contributed by atoms with Crippen molar-refractivity contribution in [2.75, 3.05) is 25.6 Å². The zero-order valence-corrected chi connectivity index (χ0v) is 13.5. The molecular weight excluding hydrogens is 320 g/mol. The minimum Gasteiger partial charge on any atom is -0.494 e. The number of hydrogen-bond donors (Lipinski definition) is 1. The third-order valence-corrected chi connectivity index (χ3v) is 3.54. The molecule has 0 aliphatic rings. The molecule has 0 saturated carbocycles. The van der Waals surface area contributed by atoms with Gasteiger partial charge in [-0.3, -0.25) is 10.1 Å². The first kappa shape index (κ1) is 16.8. The molecule has 0 bridgehead atoms. The van der Waals surface area contributed by atoms with Crippen LogP contribution in [0.15, 0.2) is 30.5 Å². The first-order valence-electron chi connectivity index (χ1n) is 6.82. The molecule has 2 aromatic rings. The Balaban J connectivity index is 1.82. The first-order valence-corrected chi connectivity index (χ1v) is 7.63. The van der Waals surface area contributed by atoms with Gasteiger partial charge in [0.15, 0.2) is 11.7 Å². The maximum atomic E-state index is 11.8. The second kappa shape index (κ2) is 8.14. The largest absolute Gasteiger partial charge is 0.494 e. The number of benzene rings is 1. The van der Waals surface area contributed by atoms with Crippen molar-refractivity contribution in [2.24, 2.45) is 0 Å². The lowest BCUT2D eigenvalue weighted by Crippen LogP contribution is -2.19. The van der Waals surface area contributed by atoms with Crippen LogP contribution in [0.25, 0.3) is 0 Å². The summed E-state index contributed by atoms with van der Waals surface area (Å²) in [4.78, 5) is 27.3. The molecule has 0 fully saturated rings. The van der Waals surface area contributed by atoms with Gasteiger partial charge >= 0.3 is 5.97 Å². The van der Waals surface area contributed by atoms with Crippen LogP contribution in [0.3, 0.4) is 0 Å². The lowest BCUT2D eigenvalue weighted by molar-refractivity contribution is -0.118. The number of nitrogens with one attached hydrogen (secondary N) is 1. The molecule has 0 aliphatic heterocycles. The van der Waals surface area contributed by atoms with Crippen LogP contribution >= 0.6 is 11.3 Å². The molecule has 1 amide bonds. The second-order valence-corrected chi connectivity index (χ2v) is 5.29. The fourth-order valence-electron chi connectivity index (χ4n) is 1.63. The molecule has 0 spiro atoms. The second-order valence-electron chi connectivity index (χ2n) is 4.26. The number of amides is 1. The average molecular weight is 336 g/mol. The Morgan fingerprint density at radius 1 is 1.17 bits per heavy atom. The fraction of sp³-hybridized carbons (Fsp3) is 0.267. The number of rotatable bonds is 7. The summed E-state index contributed by atoms with van der Waals surface area (Å²) in [5.74, 6) is 0.429. The third-order valence-electron chi connectivity index (χ3n) is 2.64. The van der Waals surface area contributed by atoms with E-state index in [9.17, 15) is 9.59 Å². The SMILES string of the molecule is CCOc1ccc(OCC(=O)Nc2ncc(C(=O)OC)s2)cc1. The Kier molecular flexibility index (Phi) is 5.93. The summed E-state index contributed by atoms with van der Waals surface area (Å²) in [6.45, 7) is 2.32. The zero-order chi connectivity index (χ0) is 16.7. The van der Waals surface area contributed by atoms with Crippen LogP contribution < -0.4 is 14.8 Å². The van der Waals surface area contributed by atoms with E-state index in [0.717, 1.165) is 17.1 Å². The highest BCUT2D eigenvalue weighted by Crippen LogP contribution is 2.19. The zero-order valence-electron chi connectivity index (χ0n) is 12.7. The van der Waals surface area contributed by atoms with Gasteiger partial charge in [0.25, 0.3) is 5.91 Å². The lowest BCUT2D eigenvalue weighted by atomic mass is 10.3. The summed E-state index contributed by atoms with van der Waals surface area (Å²) < 4.78 is 15.3. The molecule has 8 heteroatoms. The number of nitrogens with zero attached hydrogens (tertiary/aromatic N) is 1. The van der Waals surface area contributed by atoms with Crippen molar-refractivity contribution >= 4 is 28.3 Å². The number of ether oxygens (including phenoxy) is 3. The van der Waals surface area contributed by atoms with Gasteiger partial charge in [-0.2, -0.15) is 0 Å². The Labute approximate surface area is 137 Å². The number of aromatic nitrogens is 1. The molecule has 1 aromatic heterocycles. The summed E-state index contributed by atoms with van der Waals surface area (Å²) in [7, 11) is 1.28. The molecule has 1 N–H and O–H groups in total. The highest BCUT2D eigenvalue weighted by atomic mass is 32.1. The Morgan fingerprint density at radius 3 is 2.43 bits per heavy atom. The first-order chi connectivity index (χ1) is 11.1. The fourth-order valence-corrected chi connectivity index (χ4v) is 2.38. The van der Waals surface area contributed by atoms with Gasteiger partial charge in [0.1, 0.15) is 16.4 Å². The van der Waals surface area contributed by atoms with Crippen LogP contribution in [0.1, 0.15) is 16.6 Å². The van der Waals surface area contributed by atoms with E-state index in [4.69, 9.17) is 9.47 Å². The van der Waals surface area contributed by atoms with E-state index in [0.29, 0.717) is 22.4 Å². The van der Waals surface area contributed by atoms with E-state index in [2.05, 4.69) is 15.0 Å². The molecule has 0 unspecified atom stereocenters. The number of anilines is 1. The topological polar surface area (TPSA) is 86.8 Å². The highest BCUT2D eigenvalue weighted by Gasteiger charge is 2.12. The summed E-state index contributed by atoms with van der Waals surface area (Å²) in [6, 6.07) is 6.97. The van der Waals surface area contributed by atoms with Gasteiger partial charge in [0, 0.05) is 0 Å². The quantitative estimate of drug-likeness (QED) is 0.781. The van der Waals surface area contributed by atoms with Crippen LogP contribution in [-0.2, 0) is 9.53 Å². The molecule has 0 radical (unpaired) electrons. The molecule has 1 aromatic carbocycles. The predicted octanol–water partition coefficient (Wildman–Crippen LogP) is 2.35. The number of carbonyl (C=O) groups excluding carboxylic acids is 2. The summed E-state index contributed by atoms with van der Waals surface area (Å²) >= 11 is 1.03. The molecule has 0 atom stereocenters. The number of carbonyl (C=O) groups is 2. The minimum absolute atomic E-state index is 0.166. The maximum absolute atomic E-state index is 11.8. The van der Waals surface area contributed by atoms with Crippen molar-refractivity contribution in [3.05, 3.63) is 35.3 Å². The summed E-state index contributed by atoms with van der Waals surface area (Å²) in [5, 5.41) is 2.87. The number of thiazole rings is 1. The molecule has 7 nitrogen and oxygen atoms in total. The van der Waals surface area contributed by atoms with Crippen LogP contribution in [0.2, 0.25) is 0 Å². The van der Waals surface area contributed by atoms with Gasteiger partial charge in [0.05, 0.1) is 19.9 Å². The number of esters is 1. The van der Waals surface area contributed by atoms with E-state index >= 15 is 0 Å². The molecule has 0 saturated heterocycles. The van der Waals surface area contributed by atoms with Crippen molar-refractivity contribution < 1.29 is 23.8 Å². The van der Waals surface area contributed by atoms with E-state index in [1.807, 2.05) is 6.92 Å². The molecule has 23 heavy (non-hydrogen) atoms. The average Bonchev–Trinajstić information content (AvgIpc) is 3.02. The van der Waals surface area contributed by atoms with Crippen LogP contribution in [-0.4, -0.2) is 37.2 Å². The van der Waals surface area contributed by atoms with E-state index < -0.39 is 5.97 Å². The monoisotopic (exact) mass is 336 g/mol. The Bertz CT molecular complexity index is 669. The van der Waals surface area contributed by atoms with Crippen molar-refractivity contribution in [1.82, 2.24) is 4.98 Å². The predicted molar refractivity (Wildman–Crippen MR) is 85.2 cm³/mol. The summed E-state index contributed by atoms with van der Waals surface area (Å²) in [5.41, 5.74) is 0. The van der Waals surface area contributed by atoms with Gasteiger partial charge < -0.3 is 14.2 Å². The van der Waals surface area contributed by atoms with E-state index in [1.165, 1.54) is 13.3 Å². The summed E-state index contributed by atoms with van der Waals surface area (Å²) in [6.07, 6.45) is 1.35. The third kappa shape index (κ3) is 4.96. The molecular formula is C15H16N2O5S. The Morgan fingerprint density at radius 2 is 1.83 bits per heavy atom. The van der Waals surface area contributed by atoms with Crippen LogP contribution in [0.4, 0.5) is 5.13 Å². The van der Waals surface area contributed by atoms with Crippen molar-refractivity contribution in [3.8, 4) is 11.5 Å². The van der Waals surface area contributed by atoms with Crippen molar-refractivity contribution in [1.29, 1.82) is 0 Å². The van der Waals surface area contributed by atoms with Gasteiger partial charge in [-0.25, -0.2) is 9.78 Å². The van der Waals surface area contributed by atoms with Gasteiger partial charge in [-0.15, -0.1) is 0 Å². The van der Waals surface area contributed by atoms with E-state index in [-0.39, 0.29) is 12.5 Å². The van der Waals surface area contributed by atoms with Gasteiger partial charge in [0.2, 0.25) is 0 Å². The highest BCUT2D eigenvalue weighted by molar-refractivity contribution is 7.17. The molecule has 1 heterocycles. The smallest absolute Gasteiger partial charge is 0.349 e. The van der Waals surface area contributed by atoms with Gasteiger partial charge in [-0.1, -0.05) is 11.3 Å². The van der Waals surface area contributed by atoms with Crippen LogP contribution in [0, 0.1) is 0 Å².